The van der Waals surface area contributed by atoms with Crippen LogP contribution in [-0.2, 0) is 11.3 Å². The summed E-state index contributed by atoms with van der Waals surface area (Å²) in [6.45, 7) is 10.9. The molecule has 0 amide bonds. The largest absolute Gasteiger partial charge is 0.380 e. The van der Waals surface area contributed by atoms with E-state index in [0.29, 0.717) is 12.0 Å². The maximum absolute atomic E-state index is 5.53. The van der Waals surface area contributed by atoms with E-state index in [9.17, 15) is 0 Å². The molecule has 4 heteroatoms. The van der Waals surface area contributed by atoms with Crippen LogP contribution in [0.1, 0.15) is 32.9 Å². The van der Waals surface area contributed by atoms with Crippen LogP contribution in [-0.4, -0.2) is 28.2 Å². The van der Waals surface area contributed by atoms with Crippen molar-refractivity contribution >= 4 is 0 Å². The highest BCUT2D eigenvalue weighted by molar-refractivity contribution is 4.86. The van der Waals surface area contributed by atoms with E-state index in [1.54, 1.807) is 0 Å². The molecule has 0 fully saturated rings. The monoisotopic (exact) mass is 211 g/mol. The van der Waals surface area contributed by atoms with Crippen molar-refractivity contribution in [3.8, 4) is 0 Å². The molecule has 0 radical (unpaired) electrons. The van der Waals surface area contributed by atoms with Crippen LogP contribution in [0.25, 0.3) is 0 Å². The van der Waals surface area contributed by atoms with Crippen molar-refractivity contribution in [2.24, 2.45) is 5.41 Å². The number of hydrogen-bond donors (Lipinski definition) is 0. The molecule has 0 atom stereocenters. The topological polar surface area (TPSA) is 39.9 Å². The fraction of sp³-hybridized carbons (Fsp3) is 0.818. The molecule has 0 spiro atoms. The van der Waals surface area contributed by atoms with E-state index >= 15 is 0 Å². The van der Waals surface area contributed by atoms with Crippen molar-refractivity contribution < 1.29 is 4.74 Å². The van der Waals surface area contributed by atoms with Gasteiger partial charge in [-0.25, -0.2) is 4.68 Å². The van der Waals surface area contributed by atoms with Crippen LogP contribution < -0.4 is 0 Å². The summed E-state index contributed by atoms with van der Waals surface area (Å²) in [6.07, 6.45) is 3.01. The van der Waals surface area contributed by atoms with Crippen LogP contribution in [0.15, 0.2) is 6.20 Å². The van der Waals surface area contributed by atoms with Gasteiger partial charge >= 0.3 is 0 Å². The smallest absolute Gasteiger partial charge is 0.0796 e. The Morgan fingerprint density at radius 2 is 2.07 bits per heavy atom. The number of nitrogens with zero attached hydrogens (tertiary/aromatic N) is 3. The molecule has 86 valence electrons. The van der Waals surface area contributed by atoms with Gasteiger partial charge in [0.15, 0.2) is 0 Å². The Balaban J connectivity index is 2.07. The van der Waals surface area contributed by atoms with Crippen LogP contribution in [0.4, 0.5) is 0 Å². The minimum Gasteiger partial charge on any atom is -0.380 e. The SMILES string of the molecule is Cc1cn(CCOCCC(C)(C)C)nn1. The van der Waals surface area contributed by atoms with E-state index in [1.165, 1.54) is 0 Å². The van der Waals surface area contributed by atoms with E-state index in [-0.39, 0.29) is 0 Å². The second kappa shape index (κ2) is 5.26. The highest BCUT2D eigenvalue weighted by Crippen LogP contribution is 2.17. The van der Waals surface area contributed by atoms with Gasteiger partial charge in [0.25, 0.3) is 0 Å². The van der Waals surface area contributed by atoms with E-state index in [4.69, 9.17) is 4.74 Å². The molecule has 0 aliphatic carbocycles. The predicted molar refractivity (Wildman–Crippen MR) is 59.7 cm³/mol. The standard InChI is InChI=1S/C11H21N3O/c1-10-9-14(13-12-10)6-8-15-7-5-11(2,3)4/h9H,5-8H2,1-4H3. The first-order valence-electron chi connectivity index (χ1n) is 5.42. The highest BCUT2D eigenvalue weighted by Gasteiger charge is 2.09. The van der Waals surface area contributed by atoms with Gasteiger partial charge in [0.05, 0.1) is 18.8 Å². The average Bonchev–Trinajstić information content (AvgIpc) is 2.49. The maximum Gasteiger partial charge on any atom is 0.0796 e. The van der Waals surface area contributed by atoms with Crippen molar-refractivity contribution in [2.45, 2.75) is 40.7 Å². The number of rotatable bonds is 5. The van der Waals surface area contributed by atoms with E-state index in [0.717, 1.165) is 25.3 Å². The van der Waals surface area contributed by atoms with Gasteiger partial charge < -0.3 is 4.74 Å². The Morgan fingerprint density at radius 1 is 1.33 bits per heavy atom. The fourth-order valence-electron chi connectivity index (χ4n) is 1.14. The third-order valence-electron chi connectivity index (χ3n) is 2.11. The lowest BCUT2D eigenvalue weighted by Crippen LogP contribution is -2.12. The zero-order valence-corrected chi connectivity index (χ0v) is 10.2. The second-order valence-electron chi connectivity index (χ2n) is 5.05. The van der Waals surface area contributed by atoms with Gasteiger partial charge in [0.1, 0.15) is 0 Å². The Hall–Kier alpha value is -0.900. The molecule has 0 bridgehead atoms. The summed E-state index contributed by atoms with van der Waals surface area (Å²) in [6, 6.07) is 0. The van der Waals surface area contributed by atoms with Crippen molar-refractivity contribution in [3.63, 3.8) is 0 Å². The number of aryl methyl sites for hydroxylation is 1. The summed E-state index contributed by atoms with van der Waals surface area (Å²) in [7, 11) is 0. The molecule has 4 nitrogen and oxygen atoms in total. The zero-order chi connectivity index (χ0) is 11.3. The van der Waals surface area contributed by atoms with Gasteiger partial charge in [-0.05, 0) is 18.8 Å². The molecular weight excluding hydrogens is 190 g/mol. The number of hydrogen-bond acceptors (Lipinski definition) is 3. The van der Waals surface area contributed by atoms with Crippen LogP contribution >= 0.6 is 0 Å². The van der Waals surface area contributed by atoms with Crippen LogP contribution in [0.2, 0.25) is 0 Å². The van der Waals surface area contributed by atoms with Crippen molar-refractivity contribution in [3.05, 3.63) is 11.9 Å². The average molecular weight is 211 g/mol. The minimum atomic E-state index is 0.351. The summed E-state index contributed by atoms with van der Waals surface area (Å²) >= 11 is 0. The van der Waals surface area contributed by atoms with Gasteiger partial charge in [-0.1, -0.05) is 26.0 Å². The van der Waals surface area contributed by atoms with Gasteiger partial charge in [-0.15, -0.1) is 5.10 Å². The van der Waals surface area contributed by atoms with Gasteiger partial charge in [0, 0.05) is 12.8 Å². The van der Waals surface area contributed by atoms with Crippen LogP contribution in [0.5, 0.6) is 0 Å². The number of aromatic nitrogens is 3. The molecule has 0 saturated heterocycles. The van der Waals surface area contributed by atoms with Gasteiger partial charge in [-0.3, -0.25) is 0 Å². The third-order valence-corrected chi connectivity index (χ3v) is 2.11. The first-order valence-corrected chi connectivity index (χ1v) is 5.42. The normalized spacial score (nSPS) is 12.0. The van der Waals surface area contributed by atoms with E-state index < -0.39 is 0 Å². The summed E-state index contributed by atoms with van der Waals surface area (Å²) < 4.78 is 7.35. The zero-order valence-electron chi connectivity index (χ0n) is 10.2. The molecule has 0 unspecified atom stereocenters. The number of ether oxygens (including phenoxy) is 1. The molecule has 1 heterocycles. The molecule has 0 aliphatic heterocycles. The second-order valence-corrected chi connectivity index (χ2v) is 5.05. The van der Waals surface area contributed by atoms with Crippen LogP contribution in [0.3, 0.4) is 0 Å². The van der Waals surface area contributed by atoms with Crippen molar-refractivity contribution in [1.29, 1.82) is 0 Å². The first kappa shape index (κ1) is 12.2. The predicted octanol–water partition coefficient (Wildman–Crippen LogP) is 2.04. The fourth-order valence-corrected chi connectivity index (χ4v) is 1.14. The van der Waals surface area contributed by atoms with E-state index in [1.807, 2.05) is 17.8 Å². The quantitative estimate of drug-likeness (QED) is 0.700. The molecule has 0 aromatic carbocycles. The van der Waals surface area contributed by atoms with Gasteiger partial charge in [-0.2, -0.15) is 0 Å². The Morgan fingerprint density at radius 3 is 2.60 bits per heavy atom. The highest BCUT2D eigenvalue weighted by atomic mass is 16.5. The summed E-state index contributed by atoms with van der Waals surface area (Å²) in [4.78, 5) is 0. The lowest BCUT2D eigenvalue weighted by molar-refractivity contribution is 0.0996. The summed E-state index contributed by atoms with van der Waals surface area (Å²) in [5.74, 6) is 0. The maximum atomic E-state index is 5.53. The molecular formula is C11H21N3O. The minimum absolute atomic E-state index is 0.351. The molecule has 0 N–H and O–H groups in total. The summed E-state index contributed by atoms with van der Waals surface area (Å²) in [5, 5.41) is 7.86. The first-order chi connectivity index (χ1) is 6.97. The third kappa shape index (κ3) is 5.52. The summed E-state index contributed by atoms with van der Waals surface area (Å²) in [5.41, 5.74) is 1.30. The molecule has 0 aliphatic rings. The molecule has 1 aromatic heterocycles. The lowest BCUT2D eigenvalue weighted by atomic mass is 9.93. The molecule has 15 heavy (non-hydrogen) atoms. The van der Waals surface area contributed by atoms with Crippen molar-refractivity contribution in [1.82, 2.24) is 15.0 Å². The lowest BCUT2D eigenvalue weighted by Gasteiger charge is -2.17. The Bertz CT molecular complexity index is 288. The Kier molecular flexibility index (Phi) is 4.27. The van der Waals surface area contributed by atoms with Crippen LogP contribution in [0, 0.1) is 12.3 Å². The molecule has 1 aromatic rings. The van der Waals surface area contributed by atoms with E-state index in [2.05, 4.69) is 31.1 Å². The molecule has 1 rings (SSSR count). The Labute approximate surface area is 91.6 Å². The van der Waals surface area contributed by atoms with Crippen molar-refractivity contribution in [2.75, 3.05) is 13.2 Å². The molecule has 0 saturated carbocycles. The van der Waals surface area contributed by atoms with Gasteiger partial charge in [0.2, 0.25) is 0 Å².